The SMILES string of the molecule is CC1(C)CN(C(=O)C2CCN(S(N)(=O)=O)CC2)c2cccc(Cl)c21. The van der Waals surface area contributed by atoms with Crippen molar-refractivity contribution in [2.75, 3.05) is 24.5 Å². The lowest BCUT2D eigenvalue weighted by molar-refractivity contribution is -0.123. The Labute approximate surface area is 147 Å². The summed E-state index contributed by atoms with van der Waals surface area (Å²) in [5.74, 6) is -0.151. The van der Waals surface area contributed by atoms with Gasteiger partial charge >= 0.3 is 0 Å². The van der Waals surface area contributed by atoms with E-state index < -0.39 is 10.2 Å². The Hall–Kier alpha value is -1.15. The van der Waals surface area contributed by atoms with Crippen LogP contribution >= 0.6 is 11.6 Å². The molecule has 2 heterocycles. The van der Waals surface area contributed by atoms with Crippen LogP contribution in [-0.4, -0.2) is 38.3 Å². The van der Waals surface area contributed by atoms with Crippen molar-refractivity contribution in [2.45, 2.75) is 32.1 Å². The van der Waals surface area contributed by atoms with Crippen molar-refractivity contribution in [2.24, 2.45) is 11.1 Å². The highest BCUT2D eigenvalue weighted by molar-refractivity contribution is 7.86. The van der Waals surface area contributed by atoms with Crippen molar-refractivity contribution in [3.8, 4) is 0 Å². The second-order valence-corrected chi connectivity index (χ2v) is 9.11. The first kappa shape index (κ1) is 17.7. The summed E-state index contributed by atoms with van der Waals surface area (Å²) in [5, 5.41) is 5.84. The molecule has 3 rings (SSSR count). The second kappa shape index (κ2) is 5.98. The number of anilines is 1. The van der Waals surface area contributed by atoms with Crippen LogP contribution in [0.3, 0.4) is 0 Å². The molecule has 24 heavy (non-hydrogen) atoms. The zero-order chi connectivity index (χ0) is 17.7. The van der Waals surface area contributed by atoms with Gasteiger partial charge < -0.3 is 4.90 Å². The van der Waals surface area contributed by atoms with Gasteiger partial charge in [-0.25, -0.2) is 5.14 Å². The molecule has 132 valence electrons. The normalized spacial score (nSPS) is 21.8. The number of hydrogen-bond acceptors (Lipinski definition) is 3. The van der Waals surface area contributed by atoms with Gasteiger partial charge in [-0.1, -0.05) is 31.5 Å². The Bertz CT molecular complexity index is 771. The molecule has 8 heteroatoms. The highest BCUT2D eigenvalue weighted by atomic mass is 35.5. The third-order valence-corrected chi connectivity index (χ3v) is 6.34. The molecule has 1 aromatic rings. The smallest absolute Gasteiger partial charge is 0.276 e. The van der Waals surface area contributed by atoms with Crippen LogP contribution < -0.4 is 10.0 Å². The van der Waals surface area contributed by atoms with Gasteiger partial charge in [0.25, 0.3) is 10.2 Å². The van der Waals surface area contributed by atoms with Crippen LogP contribution in [0.1, 0.15) is 32.3 Å². The Balaban J connectivity index is 1.80. The van der Waals surface area contributed by atoms with Crippen LogP contribution in [0.5, 0.6) is 0 Å². The number of fused-ring (bicyclic) bond motifs is 1. The van der Waals surface area contributed by atoms with E-state index in [0.717, 1.165) is 11.3 Å². The first-order chi connectivity index (χ1) is 11.1. The molecule has 1 saturated heterocycles. The molecule has 1 amide bonds. The number of carbonyl (C=O) groups excluding carboxylic acids is 1. The summed E-state index contributed by atoms with van der Waals surface area (Å²) in [7, 11) is -3.68. The molecular formula is C16H22ClN3O3S. The van der Waals surface area contributed by atoms with Gasteiger partial charge in [0.05, 0.1) is 0 Å². The number of halogens is 1. The summed E-state index contributed by atoms with van der Waals surface area (Å²) < 4.78 is 24.0. The van der Waals surface area contributed by atoms with E-state index in [1.54, 1.807) is 4.90 Å². The lowest BCUT2D eigenvalue weighted by Crippen LogP contribution is -2.46. The van der Waals surface area contributed by atoms with Crippen molar-refractivity contribution >= 4 is 33.4 Å². The summed E-state index contributed by atoms with van der Waals surface area (Å²) in [4.78, 5) is 14.8. The number of rotatable bonds is 2. The van der Waals surface area contributed by atoms with E-state index >= 15 is 0 Å². The number of benzene rings is 1. The zero-order valence-electron chi connectivity index (χ0n) is 13.8. The number of hydrogen-bond donors (Lipinski definition) is 1. The average molecular weight is 372 g/mol. The van der Waals surface area contributed by atoms with Crippen LogP contribution in [-0.2, 0) is 20.4 Å². The molecule has 2 aliphatic heterocycles. The minimum atomic E-state index is -3.68. The molecule has 0 bridgehead atoms. The molecule has 0 aliphatic carbocycles. The van der Waals surface area contributed by atoms with E-state index in [4.69, 9.17) is 16.7 Å². The van der Waals surface area contributed by atoms with Gasteiger partial charge in [0.1, 0.15) is 0 Å². The van der Waals surface area contributed by atoms with E-state index in [1.807, 2.05) is 18.2 Å². The van der Waals surface area contributed by atoms with Crippen molar-refractivity contribution in [1.82, 2.24) is 4.31 Å². The Morgan fingerprint density at radius 1 is 1.29 bits per heavy atom. The van der Waals surface area contributed by atoms with Gasteiger partial charge in [0, 0.05) is 47.2 Å². The predicted octanol–water partition coefficient (Wildman–Crippen LogP) is 1.88. The summed E-state index contributed by atoms with van der Waals surface area (Å²) in [5.41, 5.74) is 1.67. The summed E-state index contributed by atoms with van der Waals surface area (Å²) in [6.07, 6.45) is 0.976. The van der Waals surface area contributed by atoms with E-state index in [-0.39, 0.29) is 30.3 Å². The third-order valence-electron chi connectivity index (χ3n) is 4.94. The van der Waals surface area contributed by atoms with E-state index in [2.05, 4.69) is 13.8 Å². The van der Waals surface area contributed by atoms with Crippen LogP contribution in [0, 0.1) is 5.92 Å². The molecule has 6 nitrogen and oxygen atoms in total. The highest BCUT2D eigenvalue weighted by Crippen LogP contribution is 2.45. The molecule has 2 N–H and O–H groups in total. The minimum Gasteiger partial charge on any atom is -0.311 e. The van der Waals surface area contributed by atoms with Crippen LogP contribution in [0.25, 0.3) is 0 Å². The summed E-state index contributed by atoms with van der Waals surface area (Å²) in [6, 6.07) is 5.63. The fraction of sp³-hybridized carbons (Fsp3) is 0.562. The van der Waals surface area contributed by atoms with E-state index in [1.165, 1.54) is 4.31 Å². The number of nitrogens with two attached hydrogens (primary N) is 1. The van der Waals surface area contributed by atoms with Gasteiger partial charge in [-0.15, -0.1) is 0 Å². The molecule has 1 aromatic carbocycles. The fourth-order valence-corrected chi connectivity index (χ4v) is 4.89. The lowest BCUT2D eigenvalue weighted by Gasteiger charge is -2.32. The number of nitrogens with zero attached hydrogens (tertiary/aromatic N) is 2. The van der Waals surface area contributed by atoms with E-state index in [0.29, 0.717) is 24.4 Å². The van der Waals surface area contributed by atoms with Crippen LogP contribution in [0.4, 0.5) is 5.69 Å². The molecule has 0 spiro atoms. The first-order valence-electron chi connectivity index (χ1n) is 7.99. The summed E-state index contributed by atoms with van der Waals surface area (Å²) >= 11 is 6.35. The Morgan fingerprint density at radius 3 is 2.50 bits per heavy atom. The van der Waals surface area contributed by atoms with Crippen molar-refractivity contribution < 1.29 is 13.2 Å². The van der Waals surface area contributed by atoms with Gasteiger partial charge in [0.15, 0.2) is 0 Å². The highest BCUT2D eigenvalue weighted by Gasteiger charge is 2.42. The van der Waals surface area contributed by atoms with Crippen molar-refractivity contribution in [1.29, 1.82) is 0 Å². The van der Waals surface area contributed by atoms with Crippen molar-refractivity contribution in [3.63, 3.8) is 0 Å². The van der Waals surface area contributed by atoms with Gasteiger partial charge in [0.2, 0.25) is 5.91 Å². The maximum Gasteiger partial charge on any atom is 0.276 e. The monoisotopic (exact) mass is 371 g/mol. The number of amides is 1. The molecule has 1 fully saturated rings. The maximum atomic E-state index is 13.0. The fourth-order valence-electron chi connectivity index (χ4n) is 3.74. The molecule has 0 unspecified atom stereocenters. The molecule has 0 atom stereocenters. The van der Waals surface area contributed by atoms with Crippen LogP contribution in [0.15, 0.2) is 18.2 Å². The standard InChI is InChI=1S/C16H22ClN3O3S/c1-16(2)10-20(13-5-3-4-12(17)14(13)16)15(21)11-6-8-19(9-7-11)24(18,22)23/h3-5,11H,6-10H2,1-2H3,(H2,18,22,23). The zero-order valence-corrected chi connectivity index (χ0v) is 15.4. The predicted molar refractivity (Wildman–Crippen MR) is 94.2 cm³/mol. The lowest BCUT2D eigenvalue weighted by atomic mass is 9.87. The number of piperidine rings is 1. The molecule has 0 saturated carbocycles. The first-order valence-corrected chi connectivity index (χ1v) is 9.87. The third kappa shape index (κ3) is 3.06. The van der Waals surface area contributed by atoms with Gasteiger partial charge in [-0.2, -0.15) is 12.7 Å². The van der Waals surface area contributed by atoms with Gasteiger partial charge in [-0.05, 0) is 25.0 Å². The molecule has 0 aromatic heterocycles. The van der Waals surface area contributed by atoms with E-state index in [9.17, 15) is 13.2 Å². The molecular weight excluding hydrogens is 350 g/mol. The van der Waals surface area contributed by atoms with Gasteiger partial charge in [-0.3, -0.25) is 4.79 Å². The topological polar surface area (TPSA) is 83.7 Å². The van der Waals surface area contributed by atoms with Crippen molar-refractivity contribution in [3.05, 3.63) is 28.8 Å². The largest absolute Gasteiger partial charge is 0.311 e. The quantitative estimate of drug-likeness (QED) is 0.861. The second-order valence-electron chi connectivity index (χ2n) is 7.16. The Kier molecular flexibility index (Phi) is 4.40. The number of carbonyl (C=O) groups is 1. The maximum absolute atomic E-state index is 13.0. The summed E-state index contributed by atoms with van der Waals surface area (Å²) in [6.45, 7) is 5.31. The van der Waals surface area contributed by atoms with Crippen LogP contribution in [0.2, 0.25) is 5.02 Å². The Morgan fingerprint density at radius 2 is 1.92 bits per heavy atom. The molecule has 2 aliphatic rings. The minimum absolute atomic E-state index is 0.0400. The molecule has 0 radical (unpaired) electrons. The average Bonchev–Trinajstić information content (AvgIpc) is 2.78.